The van der Waals surface area contributed by atoms with Crippen LogP contribution in [0.3, 0.4) is 0 Å². The Morgan fingerprint density at radius 1 is 1.06 bits per heavy atom. The van der Waals surface area contributed by atoms with Crippen LogP contribution in [0.4, 0.5) is 4.79 Å². The summed E-state index contributed by atoms with van der Waals surface area (Å²) in [7, 11) is 0. The highest BCUT2D eigenvalue weighted by Gasteiger charge is 2.19. The number of oxazole rings is 1. The predicted molar refractivity (Wildman–Crippen MR) is 114 cm³/mol. The lowest BCUT2D eigenvalue weighted by Gasteiger charge is -2.08. The Balaban J connectivity index is 1.69. The molecular formula is C23H23N3O5. The zero-order valence-corrected chi connectivity index (χ0v) is 17.3. The van der Waals surface area contributed by atoms with Crippen molar-refractivity contribution in [1.82, 2.24) is 15.6 Å². The molecule has 0 bridgehead atoms. The van der Waals surface area contributed by atoms with Gasteiger partial charge < -0.3 is 14.5 Å². The van der Waals surface area contributed by atoms with Crippen molar-refractivity contribution in [2.45, 2.75) is 20.3 Å². The number of aromatic nitrogens is 1. The van der Waals surface area contributed by atoms with Crippen molar-refractivity contribution < 1.29 is 23.5 Å². The van der Waals surface area contributed by atoms with Gasteiger partial charge in [-0.05, 0) is 25.5 Å². The third-order valence-corrected chi connectivity index (χ3v) is 4.34. The van der Waals surface area contributed by atoms with Crippen LogP contribution in [-0.2, 0) is 9.53 Å². The number of amides is 3. The molecule has 0 radical (unpaired) electrons. The molecule has 0 unspecified atom stereocenters. The number of imide groups is 1. The zero-order valence-electron chi connectivity index (χ0n) is 17.3. The number of urea groups is 1. The lowest BCUT2D eigenvalue weighted by Crippen LogP contribution is -2.41. The summed E-state index contributed by atoms with van der Waals surface area (Å²) in [6.07, 6.45) is 2.32. The van der Waals surface area contributed by atoms with Gasteiger partial charge in [-0.15, -0.1) is 0 Å². The minimum Gasteiger partial charge on any atom is -0.452 e. The molecule has 3 rings (SSSR count). The van der Waals surface area contributed by atoms with Gasteiger partial charge in [-0.25, -0.2) is 14.6 Å². The van der Waals surface area contributed by atoms with Gasteiger partial charge in [-0.3, -0.25) is 10.1 Å². The second-order valence-corrected chi connectivity index (χ2v) is 6.82. The number of rotatable bonds is 7. The first-order chi connectivity index (χ1) is 15.0. The summed E-state index contributed by atoms with van der Waals surface area (Å²) >= 11 is 0. The predicted octanol–water partition coefficient (Wildman–Crippen LogP) is 3.71. The van der Waals surface area contributed by atoms with E-state index in [0.29, 0.717) is 17.9 Å². The van der Waals surface area contributed by atoms with Gasteiger partial charge in [0.05, 0.1) is 17.3 Å². The van der Waals surface area contributed by atoms with E-state index in [1.54, 1.807) is 30.5 Å². The molecule has 3 amide bonds. The smallest absolute Gasteiger partial charge is 0.339 e. The van der Waals surface area contributed by atoms with Gasteiger partial charge in [-0.1, -0.05) is 48.9 Å². The Morgan fingerprint density at radius 2 is 1.81 bits per heavy atom. The lowest BCUT2D eigenvalue weighted by molar-refractivity contribution is -0.123. The SMILES string of the molecule is CCCNC(=O)NC(=O)COC(=O)c1ccccc1-c1ncc(-c2ccc(C)cc2)o1. The summed E-state index contributed by atoms with van der Waals surface area (Å²) in [4.78, 5) is 40.1. The maximum atomic E-state index is 12.5. The Morgan fingerprint density at radius 3 is 2.55 bits per heavy atom. The number of carbonyl (C=O) groups excluding carboxylic acids is 3. The highest BCUT2D eigenvalue weighted by Crippen LogP contribution is 2.28. The van der Waals surface area contributed by atoms with Crippen LogP contribution in [0.5, 0.6) is 0 Å². The largest absolute Gasteiger partial charge is 0.452 e. The summed E-state index contributed by atoms with van der Waals surface area (Å²) in [6, 6.07) is 13.8. The molecule has 160 valence electrons. The van der Waals surface area contributed by atoms with Gasteiger partial charge in [0.2, 0.25) is 5.89 Å². The minimum atomic E-state index is -0.727. The monoisotopic (exact) mass is 421 g/mol. The molecule has 0 aliphatic carbocycles. The molecule has 0 saturated carbocycles. The van der Waals surface area contributed by atoms with E-state index in [1.165, 1.54) is 0 Å². The molecule has 1 heterocycles. The van der Waals surface area contributed by atoms with Gasteiger partial charge in [-0.2, -0.15) is 0 Å². The van der Waals surface area contributed by atoms with E-state index in [4.69, 9.17) is 9.15 Å². The Bertz CT molecular complexity index is 1070. The first-order valence-electron chi connectivity index (χ1n) is 9.85. The first-order valence-corrected chi connectivity index (χ1v) is 9.85. The van der Waals surface area contributed by atoms with Gasteiger partial charge in [0.15, 0.2) is 12.4 Å². The summed E-state index contributed by atoms with van der Waals surface area (Å²) in [6.45, 7) is 3.73. The normalized spacial score (nSPS) is 10.4. The molecule has 3 aromatic rings. The molecule has 2 aromatic carbocycles. The van der Waals surface area contributed by atoms with Crippen LogP contribution < -0.4 is 10.6 Å². The average Bonchev–Trinajstić information content (AvgIpc) is 3.26. The topological polar surface area (TPSA) is 111 Å². The van der Waals surface area contributed by atoms with E-state index in [-0.39, 0.29) is 11.5 Å². The van der Waals surface area contributed by atoms with E-state index >= 15 is 0 Å². The number of benzene rings is 2. The summed E-state index contributed by atoms with van der Waals surface area (Å²) in [5.74, 6) is -0.630. The third kappa shape index (κ3) is 5.79. The number of carbonyl (C=O) groups is 3. The minimum absolute atomic E-state index is 0.197. The number of nitrogens with zero attached hydrogens (tertiary/aromatic N) is 1. The van der Waals surface area contributed by atoms with Crippen LogP contribution >= 0.6 is 0 Å². The standard InChI is InChI=1S/C23H23N3O5/c1-3-12-24-23(29)26-20(27)14-30-22(28)18-7-5-4-6-17(18)21-25-13-19(31-21)16-10-8-15(2)9-11-16/h4-11,13H,3,12,14H2,1-2H3,(H2,24,26,27,29). The number of aryl methyl sites for hydroxylation is 1. The highest BCUT2D eigenvalue weighted by atomic mass is 16.5. The molecule has 0 aliphatic heterocycles. The van der Waals surface area contributed by atoms with Gasteiger partial charge in [0, 0.05) is 12.1 Å². The summed E-state index contributed by atoms with van der Waals surface area (Å²) in [5, 5.41) is 4.60. The Hall–Kier alpha value is -3.94. The van der Waals surface area contributed by atoms with Crippen LogP contribution in [-0.4, -0.2) is 36.0 Å². The fourth-order valence-electron chi connectivity index (χ4n) is 2.75. The van der Waals surface area contributed by atoms with Crippen molar-refractivity contribution in [3.8, 4) is 22.8 Å². The van der Waals surface area contributed by atoms with Gasteiger partial charge in [0.1, 0.15) is 0 Å². The number of nitrogens with one attached hydrogen (secondary N) is 2. The molecule has 0 fully saturated rings. The van der Waals surface area contributed by atoms with E-state index < -0.39 is 24.5 Å². The van der Waals surface area contributed by atoms with Crippen LogP contribution in [0, 0.1) is 6.92 Å². The van der Waals surface area contributed by atoms with E-state index in [0.717, 1.165) is 17.5 Å². The van der Waals surface area contributed by atoms with Crippen molar-refractivity contribution in [2.24, 2.45) is 0 Å². The maximum Gasteiger partial charge on any atom is 0.339 e. The van der Waals surface area contributed by atoms with Crippen molar-refractivity contribution >= 4 is 17.9 Å². The van der Waals surface area contributed by atoms with Crippen LogP contribution in [0.2, 0.25) is 0 Å². The fourth-order valence-corrected chi connectivity index (χ4v) is 2.75. The molecule has 31 heavy (non-hydrogen) atoms. The molecular weight excluding hydrogens is 398 g/mol. The molecule has 2 N–H and O–H groups in total. The fraction of sp³-hybridized carbons (Fsp3) is 0.217. The second kappa shape index (κ2) is 10.2. The maximum absolute atomic E-state index is 12.5. The molecule has 8 heteroatoms. The van der Waals surface area contributed by atoms with Crippen molar-refractivity contribution in [1.29, 1.82) is 0 Å². The first kappa shape index (κ1) is 21.8. The Kier molecular flexibility index (Phi) is 7.16. The van der Waals surface area contributed by atoms with Crippen LogP contribution in [0.1, 0.15) is 29.3 Å². The number of ether oxygens (including phenoxy) is 1. The van der Waals surface area contributed by atoms with Crippen molar-refractivity contribution in [3.63, 3.8) is 0 Å². The number of hydrogen-bond donors (Lipinski definition) is 2. The highest BCUT2D eigenvalue weighted by molar-refractivity contribution is 5.99. The molecule has 0 atom stereocenters. The lowest BCUT2D eigenvalue weighted by atomic mass is 10.1. The summed E-state index contributed by atoms with van der Waals surface area (Å²) < 4.78 is 10.9. The molecule has 1 aromatic heterocycles. The molecule has 8 nitrogen and oxygen atoms in total. The average molecular weight is 421 g/mol. The van der Waals surface area contributed by atoms with Crippen molar-refractivity contribution in [2.75, 3.05) is 13.2 Å². The van der Waals surface area contributed by atoms with Crippen LogP contribution in [0.25, 0.3) is 22.8 Å². The van der Waals surface area contributed by atoms with Gasteiger partial charge >= 0.3 is 12.0 Å². The third-order valence-electron chi connectivity index (χ3n) is 4.34. The summed E-state index contributed by atoms with van der Waals surface area (Å²) in [5.41, 5.74) is 2.63. The second-order valence-electron chi connectivity index (χ2n) is 6.82. The van der Waals surface area contributed by atoms with E-state index in [9.17, 15) is 14.4 Å². The quantitative estimate of drug-likeness (QED) is 0.563. The van der Waals surface area contributed by atoms with Gasteiger partial charge in [0.25, 0.3) is 5.91 Å². The van der Waals surface area contributed by atoms with E-state index in [2.05, 4.69) is 15.6 Å². The number of hydrogen-bond acceptors (Lipinski definition) is 6. The van der Waals surface area contributed by atoms with Crippen LogP contribution in [0.15, 0.2) is 59.1 Å². The van der Waals surface area contributed by atoms with E-state index in [1.807, 2.05) is 38.1 Å². The number of esters is 1. The van der Waals surface area contributed by atoms with Crippen molar-refractivity contribution in [3.05, 3.63) is 65.9 Å². The Labute approximate surface area is 179 Å². The molecule has 0 saturated heterocycles. The molecule has 0 aliphatic rings. The zero-order chi connectivity index (χ0) is 22.2. The molecule has 0 spiro atoms.